The molecule has 3 aromatic rings. The first-order valence-corrected chi connectivity index (χ1v) is 11.4. The molecule has 1 fully saturated rings. The van der Waals surface area contributed by atoms with E-state index in [9.17, 15) is 4.79 Å². The molecular formula is C24H28N6O5. The molecule has 0 aliphatic carbocycles. The third kappa shape index (κ3) is 4.46. The summed E-state index contributed by atoms with van der Waals surface area (Å²) >= 11 is 0. The SMILES string of the molecule is COc1cc(-c2cc(C(=O)N3CCc4cnc(N5CCOCC5)nc4C3)[nH]n2)cc(OC)c1OC. The largest absolute Gasteiger partial charge is 0.493 e. The maximum Gasteiger partial charge on any atom is 0.272 e. The highest BCUT2D eigenvalue weighted by Gasteiger charge is 2.26. The van der Waals surface area contributed by atoms with E-state index in [4.69, 9.17) is 23.9 Å². The number of rotatable bonds is 6. The average molecular weight is 481 g/mol. The Labute approximate surface area is 203 Å². The minimum atomic E-state index is -0.131. The number of amides is 1. The number of methoxy groups -OCH3 is 3. The number of H-pyrrole nitrogens is 1. The van der Waals surface area contributed by atoms with Gasteiger partial charge in [-0.3, -0.25) is 9.89 Å². The summed E-state index contributed by atoms with van der Waals surface area (Å²) in [7, 11) is 4.67. The van der Waals surface area contributed by atoms with Gasteiger partial charge >= 0.3 is 0 Å². The lowest BCUT2D eigenvalue weighted by molar-refractivity contribution is 0.0725. The van der Waals surface area contributed by atoms with Crippen LogP contribution in [0.3, 0.4) is 0 Å². The Morgan fingerprint density at radius 2 is 1.77 bits per heavy atom. The second kappa shape index (κ2) is 9.79. The van der Waals surface area contributed by atoms with Crippen LogP contribution >= 0.6 is 0 Å². The fraction of sp³-hybridized carbons (Fsp3) is 0.417. The molecule has 35 heavy (non-hydrogen) atoms. The van der Waals surface area contributed by atoms with Crippen LogP contribution in [0.5, 0.6) is 17.2 Å². The quantitative estimate of drug-likeness (QED) is 0.565. The van der Waals surface area contributed by atoms with E-state index < -0.39 is 0 Å². The van der Waals surface area contributed by atoms with Crippen molar-refractivity contribution in [2.24, 2.45) is 0 Å². The van der Waals surface area contributed by atoms with E-state index >= 15 is 0 Å². The number of ether oxygens (including phenoxy) is 4. The van der Waals surface area contributed by atoms with Gasteiger partial charge in [0.05, 0.1) is 52.5 Å². The van der Waals surface area contributed by atoms with E-state index in [1.54, 1.807) is 44.4 Å². The molecule has 1 N–H and O–H groups in total. The maximum absolute atomic E-state index is 13.3. The van der Waals surface area contributed by atoms with Gasteiger partial charge in [-0.2, -0.15) is 5.10 Å². The monoisotopic (exact) mass is 480 g/mol. The summed E-state index contributed by atoms with van der Waals surface area (Å²) in [6, 6.07) is 5.33. The van der Waals surface area contributed by atoms with Gasteiger partial charge in [0.25, 0.3) is 5.91 Å². The Balaban J connectivity index is 1.35. The predicted octanol–water partition coefficient (Wildman–Crippen LogP) is 1.93. The zero-order chi connectivity index (χ0) is 24.4. The van der Waals surface area contributed by atoms with Crippen molar-refractivity contribution in [2.45, 2.75) is 13.0 Å². The number of carbonyl (C=O) groups is 1. The number of hydrogen-bond acceptors (Lipinski definition) is 9. The fourth-order valence-electron chi connectivity index (χ4n) is 4.36. The second-order valence-electron chi connectivity index (χ2n) is 8.30. The average Bonchev–Trinajstić information content (AvgIpc) is 3.42. The normalized spacial score (nSPS) is 15.5. The van der Waals surface area contributed by atoms with E-state index in [0.29, 0.717) is 67.3 Å². The van der Waals surface area contributed by atoms with Gasteiger partial charge in [0.15, 0.2) is 11.5 Å². The smallest absolute Gasteiger partial charge is 0.272 e. The van der Waals surface area contributed by atoms with Crippen molar-refractivity contribution in [3.63, 3.8) is 0 Å². The summed E-state index contributed by atoms with van der Waals surface area (Å²) in [5, 5.41) is 7.24. The molecular weight excluding hydrogens is 452 g/mol. The molecule has 1 aromatic carbocycles. The molecule has 0 unspecified atom stereocenters. The van der Waals surface area contributed by atoms with Gasteiger partial charge in [-0.1, -0.05) is 0 Å². The number of morpholine rings is 1. The van der Waals surface area contributed by atoms with Gasteiger partial charge in [0.1, 0.15) is 5.69 Å². The number of nitrogens with zero attached hydrogens (tertiary/aromatic N) is 5. The van der Waals surface area contributed by atoms with Gasteiger partial charge in [-0.15, -0.1) is 0 Å². The molecule has 2 aliphatic rings. The van der Waals surface area contributed by atoms with Gasteiger partial charge in [0, 0.05) is 31.4 Å². The number of fused-ring (bicyclic) bond motifs is 1. The second-order valence-corrected chi connectivity index (χ2v) is 8.30. The molecule has 5 rings (SSSR count). The van der Waals surface area contributed by atoms with Crippen molar-refractivity contribution in [1.29, 1.82) is 0 Å². The topological polar surface area (TPSA) is 115 Å². The van der Waals surface area contributed by atoms with Crippen molar-refractivity contribution in [3.8, 4) is 28.5 Å². The summed E-state index contributed by atoms with van der Waals surface area (Å²) in [5.41, 5.74) is 3.70. The number of nitrogens with one attached hydrogen (secondary N) is 1. The molecule has 2 aliphatic heterocycles. The lowest BCUT2D eigenvalue weighted by Crippen LogP contribution is -2.39. The minimum Gasteiger partial charge on any atom is -0.493 e. The van der Waals surface area contributed by atoms with Crippen LogP contribution in [0, 0.1) is 0 Å². The van der Waals surface area contributed by atoms with E-state index in [1.165, 1.54) is 0 Å². The van der Waals surface area contributed by atoms with E-state index in [-0.39, 0.29) is 5.91 Å². The maximum atomic E-state index is 13.3. The zero-order valence-electron chi connectivity index (χ0n) is 20.0. The van der Waals surface area contributed by atoms with Crippen LogP contribution in [-0.2, 0) is 17.7 Å². The molecule has 0 radical (unpaired) electrons. The summed E-state index contributed by atoms with van der Waals surface area (Å²) < 4.78 is 21.7. The molecule has 0 atom stereocenters. The van der Waals surface area contributed by atoms with Crippen molar-refractivity contribution in [2.75, 3.05) is 59.1 Å². The molecule has 184 valence electrons. The molecule has 0 spiro atoms. The summed E-state index contributed by atoms with van der Waals surface area (Å²) in [6.45, 7) is 3.87. The lowest BCUT2D eigenvalue weighted by Gasteiger charge is -2.30. The number of carbonyl (C=O) groups excluding carboxylic acids is 1. The fourth-order valence-corrected chi connectivity index (χ4v) is 4.36. The van der Waals surface area contributed by atoms with Gasteiger partial charge < -0.3 is 28.7 Å². The standard InChI is InChI=1S/C24H28N6O5/c1-32-20-10-16(11-21(33-2)22(20)34-3)17-12-18(28-27-17)23(31)30-5-4-15-13-25-24(26-19(15)14-30)29-6-8-35-9-7-29/h10-13H,4-9,14H2,1-3H3,(H,27,28). The summed E-state index contributed by atoms with van der Waals surface area (Å²) in [6.07, 6.45) is 2.59. The molecule has 1 saturated heterocycles. The first-order valence-electron chi connectivity index (χ1n) is 11.4. The third-order valence-electron chi connectivity index (χ3n) is 6.28. The molecule has 0 bridgehead atoms. The molecule has 11 heteroatoms. The van der Waals surface area contributed by atoms with Crippen molar-refractivity contribution in [3.05, 3.63) is 41.3 Å². The predicted molar refractivity (Wildman–Crippen MR) is 127 cm³/mol. The van der Waals surface area contributed by atoms with Gasteiger partial charge in [0.2, 0.25) is 11.7 Å². The number of anilines is 1. The molecule has 2 aromatic heterocycles. The molecule has 4 heterocycles. The lowest BCUT2D eigenvalue weighted by atomic mass is 10.1. The highest BCUT2D eigenvalue weighted by atomic mass is 16.5. The van der Waals surface area contributed by atoms with Crippen molar-refractivity contribution >= 4 is 11.9 Å². The molecule has 11 nitrogen and oxygen atoms in total. The first kappa shape index (κ1) is 22.9. The Kier molecular flexibility index (Phi) is 6.41. The highest BCUT2D eigenvalue weighted by molar-refractivity contribution is 5.93. The molecule has 1 amide bonds. The number of aromatic nitrogens is 4. The Bertz CT molecular complexity index is 1200. The van der Waals surface area contributed by atoms with E-state index in [2.05, 4.69) is 20.1 Å². The van der Waals surface area contributed by atoms with Gasteiger partial charge in [-0.25, -0.2) is 9.97 Å². The zero-order valence-corrected chi connectivity index (χ0v) is 20.0. The van der Waals surface area contributed by atoms with Gasteiger partial charge in [-0.05, 0) is 30.2 Å². The summed E-state index contributed by atoms with van der Waals surface area (Å²) in [4.78, 5) is 26.5. The summed E-state index contributed by atoms with van der Waals surface area (Å²) in [5.74, 6) is 2.08. The molecule has 0 saturated carbocycles. The first-order chi connectivity index (χ1) is 17.1. The Hall–Kier alpha value is -3.86. The van der Waals surface area contributed by atoms with Crippen molar-refractivity contribution in [1.82, 2.24) is 25.1 Å². The Morgan fingerprint density at radius 3 is 2.46 bits per heavy atom. The number of hydrogen-bond donors (Lipinski definition) is 1. The van der Waals surface area contributed by atoms with Crippen molar-refractivity contribution < 1.29 is 23.7 Å². The van der Waals surface area contributed by atoms with Crippen LogP contribution in [0.2, 0.25) is 0 Å². The van der Waals surface area contributed by atoms with Crippen LogP contribution in [0.15, 0.2) is 24.4 Å². The number of benzene rings is 1. The Morgan fingerprint density at radius 1 is 1.03 bits per heavy atom. The highest BCUT2D eigenvalue weighted by Crippen LogP contribution is 2.41. The van der Waals surface area contributed by atoms with E-state index in [0.717, 1.165) is 29.9 Å². The van der Waals surface area contributed by atoms with Crippen LogP contribution in [0.4, 0.5) is 5.95 Å². The van der Waals surface area contributed by atoms with Crippen LogP contribution < -0.4 is 19.1 Å². The minimum absolute atomic E-state index is 0.131. The van der Waals surface area contributed by atoms with Crippen LogP contribution in [0.25, 0.3) is 11.3 Å². The van der Waals surface area contributed by atoms with Crippen LogP contribution in [-0.4, -0.2) is 85.1 Å². The van der Waals surface area contributed by atoms with Crippen LogP contribution in [0.1, 0.15) is 21.7 Å². The number of aromatic amines is 1. The third-order valence-corrected chi connectivity index (χ3v) is 6.28. The van der Waals surface area contributed by atoms with E-state index in [1.807, 2.05) is 6.20 Å².